The standard InChI is InChI=1S/C9H7BrFN5O2.C3H3ClN4O2/c10-5-3-4(1-2-6(5)11)13-9(14-17)7-8(12)16-18-15-7;4-2(6-9)1-3(5)8-10-7-1/h1-3,17H,(H2,12,16)(H,13,14);9H,(H2,5,8). The van der Waals surface area contributed by atoms with Gasteiger partial charge in [-0.25, -0.2) is 18.6 Å². The average molecular weight is 479 g/mol. The molecule has 3 aromatic rings. The molecule has 28 heavy (non-hydrogen) atoms. The Morgan fingerprint density at radius 2 is 1.75 bits per heavy atom. The molecule has 0 amide bonds. The number of nitrogen functional groups attached to an aromatic ring is 2. The second-order valence-electron chi connectivity index (χ2n) is 4.56. The molecule has 0 unspecified atom stereocenters. The van der Waals surface area contributed by atoms with E-state index in [0.29, 0.717) is 5.69 Å². The van der Waals surface area contributed by atoms with Crippen molar-refractivity contribution in [3.8, 4) is 0 Å². The molecule has 16 heteroatoms. The normalized spacial score (nSPS) is 11.7. The molecular formula is C12H10BrClFN9O4. The van der Waals surface area contributed by atoms with Gasteiger partial charge < -0.3 is 16.7 Å². The first-order valence-electron chi connectivity index (χ1n) is 6.85. The maximum absolute atomic E-state index is 13.0. The van der Waals surface area contributed by atoms with Gasteiger partial charge in [-0.2, -0.15) is 0 Å². The summed E-state index contributed by atoms with van der Waals surface area (Å²) in [5.74, 6) is -0.526. The molecule has 0 aliphatic carbocycles. The fourth-order valence-corrected chi connectivity index (χ4v) is 2.06. The smallest absolute Gasteiger partial charge is 0.201 e. The molecule has 0 fully saturated rings. The number of rotatable bonds is 3. The number of oxime groups is 1. The van der Waals surface area contributed by atoms with Gasteiger partial charge in [0.25, 0.3) is 0 Å². The van der Waals surface area contributed by atoms with Gasteiger partial charge in [0.15, 0.2) is 28.9 Å². The Morgan fingerprint density at radius 1 is 1.14 bits per heavy atom. The lowest BCUT2D eigenvalue weighted by Gasteiger charge is -2.02. The van der Waals surface area contributed by atoms with Crippen LogP contribution in [-0.4, -0.2) is 42.0 Å². The van der Waals surface area contributed by atoms with E-state index in [1.807, 2.05) is 5.48 Å². The Balaban J connectivity index is 0.000000237. The summed E-state index contributed by atoms with van der Waals surface area (Å²) in [6, 6.07) is 4.07. The Labute approximate surface area is 167 Å². The summed E-state index contributed by atoms with van der Waals surface area (Å²) in [7, 11) is 0. The van der Waals surface area contributed by atoms with Crippen LogP contribution in [0, 0.1) is 5.82 Å². The number of nitrogens with zero attached hydrogens (tertiary/aromatic N) is 6. The van der Waals surface area contributed by atoms with Crippen molar-refractivity contribution in [1.29, 1.82) is 0 Å². The first-order chi connectivity index (χ1) is 13.4. The maximum atomic E-state index is 13.0. The molecular weight excluding hydrogens is 469 g/mol. The summed E-state index contributed by atoms with van der Waals surface area (Å²) in [6.45, 7) is 0. The van der Waals surface area contributed by atoms with Gasteiger partial charge >= 0.3 is 0 Å². The molecule has 13 nitrogen and oxygen atoms in total. The predicted molar refractivity (Wildman–Crippen MR) is 96.8 cm³/mol. The van der Waals surface area contributed by atoms with Crippen LogP contribution in [0.3, 0.4) is 0 Å². The zero-order chi connectivity index (χ0) is 20.7. The highest BCUT2D eigenvalue weighted by Gasteiger charge is 2.14. The summed E-state index contributed by atoms with van der Waals surface area (Å²) in [5, 5.41) is 32.8. The molecule has 2 heterocycles. The van der Waals surface area contributed by atoms with Gasteiger partial charge in [0.05, 0.1) is 10.2 Å². The molecule has 0 spiro atoms. The number of amidine groups is 1. The van der Waals surface area contributed by atoms with Crippen LogP contribution in [-0.2, 0) is 0 Å². The van der Waals surface area contributed by atoms with Crippen molar-refractivity contribution >= 4 is 55.9 Å². The van der Waals surface area contributed by atoms with Crippen LogP contribution in [0.4, 0.5) is 21.7 Å². The van der Waals surface area contributed by atoms with E-state index in [2.05, 4.69) is 56.0 Å². The number of anilines is 2. The second kappa shape index (κ2) is 9.58. The van der Waals surface area contributed by atoms with E-state index in [1.165, 1.54) is 18.2 Å². The monoisotopic (exact) mass is 477 g/mol. The van der Waals surface area contributed by atoms with E-state index in [-0.39, 0.29) is 38.5 Å². The number of benzene rings is 1. The van der Waals surface area contributed by atoms with Gasteiger partial charge in [-0.1, -0.05) is 16.8 Å². The van der Waals surface area contributed by atoms with Crippen molar-refractivity contribution in [1.82, 2.24) is 26.1 Å². The molecule has 0 radical (unpaired) electrons. The molecule has 1 aromatic carbocycles. The van der Waals surface area contributed by atoms with Crippen molar-refractivity contribution in [3.05, 3.63) is 39.9 Å². The summed E-state index contributed by atoms with van der Waals surface area (Å²) < 4.78 is 21.8. The predicted octanol–water partition coefficient (Wildman–Crippen LogP) is 1.64. The number of hydroxylamine groups is 1. The number of nitrogens with two attached hydrogens (primary N) is 2. The highest BCUT2D eigenvalue weighted by Crippen LogP contribution is 2.22. The van der Waals surface area contributed by atoms with Gasteiger partial charge in [-0.3, -0.25) is 10.7 Å². The second-order valence-corrected chi connectivity index (χ2v) is 5.77. The molecule has 0 aliphatic heterocycles. The largest absolute Gasteiger partial charge is 0.410 e. The van der Waals surface area contributed by atoms with E-state index in [0.717, 1.165) is 0 Å². The number of halogens is 3. The minimum atomic E-state index is -0.421. The fraction of sp³-hybridized carbons (Fsp3) is 0. The number of aromatic nitrogens is 4. The first kappa shape index (κ1) is 21.0. The lowest BCUT2D eigenvalue weighted by atomic mass is 10.3. The van der Waals surface area contributed by atoms with Gasteiger partial charge in [-0.15, -0.1) is 0 Å². The number of hydrogen-bond acceptors (Lipinski definition) is 12. The van der Waals surface area contributed by atoms with E-state index in [9.17, 15) is 4.39 Å². The molecule has 0 atom stereocenters. The van der Waals surface area contributed by atoms with Crippen LogP contribution in [0.2, 0.25) is 0 Å². The van der Waals surface area contributed by atoms with E-state index < -0.39 is 5.82 Å². The third kappa shape index (κ3) is 5.12. The van der Waals surface area contributed by atoms with E-state index >= 15 is 0 Å². The number of aliphatic imine (C=N–C) groups is 1. The third-order valence-corrected chi connectivity index (χ3v) is 3.65. The molecule has 0 bridgehead atoms. The highest BCUT2D eigenvalue weighted by molar-refractivity contribution is 9.10. The Morgan fingerprint density at radius 3 is 2.21 bits per heavy atom. The summed E-state index contributed by atoms with van der Waals surface area (Å²) >= 11 is 8.32. The van der Waals surface area contributed by atoms with Gasteiger partial charge in [-0.05, 0) is 54.8 Å². The molecule has 7 N–H and O–H groups in total. The lowest BCUT2D eigenvalue weighted by molar-refractivity contribution is 0.234. The molecule has 0 saturated heterocycles. The van der Waals surface area contributed by atoms with Crippen LogP contribution in [0.25, 0.3) is 0 Å². The molecule has 3 rings (SSSR count). The molecule has 0 aliphatic rings. The van der Waals surface area contributed by atoms with Crippen molar-refractivity contribution in [2.24, 2.45) is 10.1 Å². The number of nitrogens with one attached hydrogen (secondary N) is 1. The van der Waals surface area contributed by atoms with Crippen LogP contribution in [0.1, 0.15) is 11.4 Å². The Bertz CT molecular complexity index is 1010. The lowest BCUT2D eigenvalue weighted by Crippen LogP contribution is -2.21. The Hall–Kier alpha value is -3.30. The maximum Gasteiger partial charge on any atom is 0.201 e. The van der Waals surface area contributed by atoms with Crippen LogP contribution < -0.4 is 16.9 Å². The average Bonchev–Trinajstić information content (AvgIpc) is 3.30. The van der Waals surface area contributed by atoms with Crippen molar-refractivity contribution < 1.29 is 24.1 Å². The molecule has 148 valence electrons. The summed E-state index contributed by atoms with van der Waals surface area (Å²) in [4.78, 5) is 4.00. The fourth-order valence-electron chi connectivity index (χ4n) is 1.56. The van der Waals surface area contributed by atoms with Crippen LogP contribution in [0.5, 0.6) is 0 Å². The zero-order valence-electron chi connectivity index (χ0n) is 13.4. The Kier molecular flexibility index (Phi) is 7.19. The first-order valence-corrected chi connectivity index (χ1v) is 8.02. The van der Waals surface area contributed by atoms with Crippen molar-refractivity contribution in [2.45, 2.75) is 0 Å². The van der Waals surface area contributed by atoms with Crippen molar-refractivity contribution in [3.63, 3.8) is 0 Å². The minimum absolute atomic E-state index is 0.0113. The summed E-state index contributed by atoms with van der Waals surface area (Å²) in [6.07, 6.45) is 0. The van der Waals surface area contributed by atoms with Crippen LogP contribution in [0.15, 0.2) is 42.1 Å². The van der Waals surface area contributed by atoms with E-state index in [4.69, 9.17) is 33.5 Å². The SMILES string of the molecule is Nc1nonc1C(=Nc1ccc(F)c(Br)c1)NO.Nc1nonc1C(Cl)=NO. The molecule has 2 aromatic heterocycles. The zero-order valence-corrected chi connectivity index (χ0v) is 15.8. The van der Waals surface area contributed by atoms with Gasteiger partial charge in [0.2, 0.25) is 5.17 Å². The van der Waals surface area contributed by atoms with Gasteiger partial charge in [0, 0.05) is 0 Å². The number of hydrogen-bond donors (Lipinski definition) is 5. The molecule has 0 saturated carbocycles. The quantitative estimate of drug-likeness (QED) is 0.158. The van der Waals surface area contributed by atoms with Crippen molar-refractivity contribution in [2.75, 3.05) is 11.5 Å². The third-order valence-electron chi connectivity index (χ3n) is 2.79. The highest BCUT2D eigenvalue weighted by atomic mass is 79.9. The summed E-state index contributed by atoms with van der Waals surface area (Å²) in [5.41, 5.74) is 12.9. The van der Waals surface area contributed by atoms with Gasteiger partial charge in [0.1, 0.15) is 5.82 Å². The minimum Gasteiger partial charge on any atom is -0.410 e. The van der Waals surface area contributed by atoms with Crippen LogP contribution >= 0.6 is 27.5 Å². The van der Waals surface area contributed by atoms with E-state index in [1.54, 1.807) is 0 Å². The topological polar surface area (TPSA) is 207 Å².